The van der Waals surface area contributed by atoms with Gasteiger partial charge in [-0.3, -0.25) is 4.90 Å². The van der Waals surface area contributed by atoms with E-state index in [2.05, 4.69) is 5.16 Å². The second kappa shape index (κ2) is 7.69. The van der Waals surface area contributed by atoms with Crippen LogP contribution < -0.4 is 10.5 Å². The maximum absolute atomic E-state index is 14.1. The van der Waals surface area contributed by atoms with Gasteiger partial charge >= 0.3 is 0 Å². The lowest BCUT2D eigenvalue weighted by atomic mass is 10.1. The first-order chi connectivity index (χ1) is 9.53. The van der Waals surface area contributed by atoms with E-state index in [9.17, 15) is 4.39 Å². The van der Waals surface area contributed by atoms with Crippen molar-refractivity contribution >= 4 is 5.84 Å². The smallest absolute Gasteiger partial charge is 0.169 e. The lowest BCUT2D eigenvalue weighted by Crippen LogP contribution is -2.34. The first-order valence-corrected chi connectivity index (χ1v) is 6.54. The molecule has 0 fully saturated rings. The lowest BCUT2D eigenvalue weighted by Gasteiger charge is -2.24. The van der Waals surface area contributed by atoms with Crippen molar-refractivity contribution in [1.29, 1.82) is 0 Å². The molecule has 0 aliphatic rings. The SMILES string of the molecule is CCN(Cc1cccc(OC)c1F)CC(C)/C(N)=N/O. The molecule has 6 heteroatoms. The third-order valence-electron chi connectivity index (χ3n) is 3.26. The van der Waals surface area contributed by atoms with Gasteiger partial charge in [-0.05, 0) is 12.6 Å². The van der Waals surface area contributed by atoms with Gasteiger partial charge in [0, 0.05) is 24.6 Å². The highest BCUT2D eigenvalue weighted by atomic mass is 19.1. The summed E-state index contributed by atoms with van der Waals surface area (Å²) in [5, 5.41) is 11.7. The van der Waals surface area contributed by atoms with Crippen molar-refractivity contribution in [3.8, 4) is 5.75 Å². The minimum atomic E-state index is -0.343. The molecule has 0 bridgehead atoms. The third-order valence-corrected chi connectivity index (χ3v) is 3.26. The molecule has 1 atom stereocenters. The summed E-state index contributed by atoms with van der Waals surface area (Å²) < 4.78 is 19.1. The maximum Gasteiger partial charge on any atom is 0.169 e. The van der Waals surface area contributed by atoms with Gasteiger partial charge in [0.25, 0.3) is 0 Å². The molecule has 0 amide bonds. The van der Waals surface area contributed by atoms with Crippen LogP contribution in [0.5, 0.6) is 5.75 Å². The molecule has 1 aromatic carbocycles. The van der Waals surface area contributed by atoms with Crippen LogP contribution in [0, 0.1) is 11.7 Å². The molecule has 0 saturated carbocycles. The number of oxime groups is 1. The summed E-state index contributed by atoms with van der Waals surface area (Å²) in [4.78, 5) is 2.03. The highest BCUT2D eigenvalue weighted by Crippen LogP contribution is 2.21. The Morgan fingerprint density at radius 2 is 2.25 bits per heavy atom. The molecule has 112 valence electrons. The maximum atomic E-state index is 14.1. The van der Waals surface area contributed by atoms with Crippen molar-refractivity contribution in [2.75, 3.05) is 20.2 Å². The highest BCUT2D eigenvalue weighted by Gasteiger charge is 2.16. The van der Waals surface area contributed by atoms with Gasteiger partial charge < -0.3 is 15.7 Å². The van der Waals surface area contributed by atoms with Crippen molar-refractivity contribution in [1.82, 2.24) is 4.90 Å². The number of benzene rings is 1. The van der Waals surface area contributed by atoms with E-state index in [-0.39, 0.29) is 23.3 Å². The van der Waals surface area contributed by atoms with E-state index in [1.165, 1.54) is 7.11 Å². The molecule has 5 nitrogen and oxygen atoms in total. The van der Waals surface area contributed by atoms with Gasteiger partial charge in [0.1, 0.15) is 5.84 Å². The Hall–Kier alpha value is -1.82. The molecule has 1 aromatic rings. The molecule has 1 rings (SSSR count). The first kappa shape index (κ1) is 16.2. The molecule has 0 radical (unpaired) electrons. The monoisotopic (exact) mass is 283 g/mol. The minimum Gasteiger partial charge on any atom is -0.494 e. The van der Waals surface area contributed by atoms with E-state index in [0.717, 1.165) is 6.54 Å². The van der Waals surface area contributed by atoms with Gasteiger partial charge in [0.2, 0.25) is 0 Å². The Morgan fingerprint density at radius 1 is 1.55 bits per heavy atom. The Morgan fingerprint density at radius 3 is 2.80 bits per heavy atom. The normalized spacial score (nSPS) is 13.6. The predicted molar refractivity (Wildman–Crippen MR) is 76.5 cm³/mol. The fourth-order valence-electron chi connectivity index (χ4n) is 1.96. The van der Waals surface area contributed by atoms with Gasteiger partial charge in [-0.15, -0.1) is 0 Å². The number of nitrogens with two attached hydrogens (primary N) is 1. The molecule has 3 N–H and O–H groups in total. The first-order valence-electron chi connectivity index (χ1n) is 6.54. The van der Waals surface area contributed by atoms with Gasteiger partial charge in [-0.1, -0.05) is 31.1 Å². The van der Waals surface area contributed by atoms with E-state index in [1.54, 1.807) is 18.2 Å². The van der Waals surface area contributed by atoms with Crippen LogP contribution in [0.1, 0.15) is 19.4 Å². The number of hydrogen-bond acceptors (Lipinski definition) is 4. The van der Waals surface area contributed by atoms with Crippen LogP contribution in [0.3, 0.4) is 0 Å². The fourth-order valence-corrected chi connectivity index (χ4v) is 1.96. The predicted octanol–water partition coefficient (Wildman–Crippen LogP) is 2.04. The Bertz CT molecular complexity index is 466. The van der Waals surface area contributed by atoms with Gasteiger partial charge in [-0.2, -0.15) is 0 Å². The Balaban J connectivity index is 2.79. The minimum absolute atomic E-state index is 0.103. The van der Waals surface area contributed by atoms with Crippen LogP contribution in [0.2, 0.25) is 0 Å². The number of amidine groups is 1. The zero-order valence-electron chi connectivity index (χ0n) is 12.1. The molecule has 0 aromatic heterocycles. The number of ether oxygens (including phenoxy) is 1. The van der Waals surface area contributed by atoms with Crippen LogP contribution in [0.25, 0.3) is 0 Å². The second-order valence-corrected chi connectivity index (χ2v) is 4.69. The van der Waals surface area contributed by atoms with E-state index < -0.39 is 0 Å². The van der Waals surface area contributed by atoms with E-state index in [0.29, 0.717) is 18.7 Å². The molecule has 0 heterocycles. The number of nitrogens with zero attached hydrogens (tertiary/aromatic N) is 2. The average molecular weight is 283 g/mol. The van der Waals surface area contributed by atoms with Crippen molar-refractivity contribution in [2.24, 2.45) is 16.8 Å². The Labute approximate surface area is 118 Å². The molecule has 0 aliphatic heterocycles. The fraction of sp³-hybridized carbons (Fsp3) is 0.500. The molecule has 20 heavy (non-hydrogen) atoms. The number of rotatable bonds is 7. The standard InChI is InChI=1S/C14H22FN3O2/c1-4-18(8-10(2)14(16)17-19)9-11-6-5-7-12(20-3)13(11)15/h5-7,10,19H,4,8-9H2,1-3H3,(H2,16,17). The topological polar surface area (TPSA) is 71.1 Å². The van der Waals surface area contributed by atoms with Crippen molar-refractivity contribution in [3.05, 3.63) is 29.6 Å². The number of hydrogen-bond donors (Lipinski definition) is 2. The van der Waals surface area contributed by atoms with Crippen LogP contribution in [0.15, 0.2) is 23.4 Å². The average Bonchev–Trinajstić information content (AvgIpc) is 2.47. The molecular formula is C14H22FN3O2. The van der Waals surface area contributed by atoms with Gasteiger partial charge in [0.05, 0.1) is 7.11 Å². The van der Waals surface area contributed by atoms with Crippen LogP contribution in [0.4, 0.5) is 4.39 Å². The zero-order valence-corrected chi connectivity index (χ0v) is 12.1. The quantitative estimate of drug-likeness (QED) is 0.348. The second-order valence-electron chi connectivity index (χ2n) is 4.69. The van der Waals surface area contributed by atoms with Crippen LogP contribution >= 0.6 is 0 Å². The summed E-state index contributed by atoms with van der Waals surface area (Å²) in [6.45, 7) is 5.61. The van der Waals surface area contributed by atoms with E-state index in [4.69, 9.17) is 15.7 Å². The largest absolute Gasteiger partial charge is 0.494 e. The van der Waals surface area contributed by atoms with Crippen molar-refractivity contribution in [3.63, 3.8) is 0 Å². The molecular weight excluding hydrogens is 261 g/mol. The number of halogens is 1. The number of methoxy groups -OCH3 is 1. The summed E-state index contributed by atoms with van der Waals surface area (Å²) in [6, 6.07) is 5.08. The van der Waals surface area contributed by atoms with Crippen LogP contribution in [-0.4, -0.2) is 36.1 Å². The third kappa shape index (κ3) is 4.09. The summed E-state index contributed by atoms with van der Waals surface area (Å²) in [5.74, 6) is -0.0314. The van der Waals surface area contributed by atoms with Crippen molar-refractivity contribution in [2.45, 2.75) is 20.4 Å². The van der Waals surface area contributed by atoms with E-state index in [1.807, 2.05) is 18.7 Å². The summed E-state index contributed by atoms with van der Waals surface area (Å²) in [7, 11) is 1.44. The molecule has 0 saturated heterocycles. The Kier molecular flexibility index (Phi) is 6.24. The van der Waals surface area contributed by atoms with Gasteiger partial charge in [0.15, 0.2) is 11.6 Å². The van der Waals surface area contributed by atoms with Crippen molar-refractivity contribution < 1.29 is 14.3 Å². The zero-order chi connectivity index (χ0) is 15.1. The van der Waals surface area contributed by atoms with Crippen LogP contribution in [-0.2, 0) is 6.54 Å². The highest BCUT2D eigenvalue weighted by molar-refractivity contribution is 5.82. The molecule has 0 aliphatic carbocycles. The summed E-state index contributed by atoms with van der Waals surface area (Å²) in [5.41, 5.74) is 6.14. The summed E-state index contributed by atoms with van der Waals surface area (Å²) in [6.07, 6.45) is 0. The lowest BCUT2D eigenvalue weighted by molar-refractivity contribution is 0.253. The molecule has 0 spiro atoms. The summed E-state index contributed by atoms with van der Waals surface area (Å²) >= 11 is 0. The molecule has 1 unspecified atom stereocenters. The van der Waals surface area contributed by atoms with Gasteiger partial charge in [-0.25, -0.2) is 4.39 Å². The van der Waals surface area contributed by atoms with E-state index >= 15 is 0 Å².